The smallest absolute Gasteiger partial charge is 0.511 e. The molecular formula is C18H19F3N2O6. The number of rotatable bonds is 6. The first-order valence-electron chi connectivity index (χ1n) is 8.39. The maximum atomic E-state index is 12.8. The molecule has 3 N–H and O–H groups in total. The molecule has 0 unspecified atom stereocenters. The van der Waals surface area contributed by atoms with Crippen molar-refractivity contribution in [2.75, 3.05) is 6.54 Å². The Labute approximate surface area is 163 Å². The van der Waals surface area contributed by atoms with Crippen LogP contribution in [0, 0.1) is 0 Å². The van der Waals surface area contributed by atoms with E-state index in [0.29, 0.717) is 5.56 Å². The fourth-order valence-corrected chi connectivity index (χ4v) is 2.86. The van der Waals surface area contributed by atoms with Crippen LogP contribution in [0.15, 0.2) is 35.6 Å². The molecule has 1 aliphatic heterocycles. The van der Waals surface area contributed by atoms with Gasteiger partial charge in [-0.15, -0.1) is 13.2 Å². The summed E-state index contributed by atoms with van der Waals surface area (Å²) in [5, 5.41) is 20.8. The number of carbonyl (C=O) groups is 3. The molecule has 1 aliphatic rings. The highest BCUT2D eigenvalue weighted by Crippen LogP contribution is 2.33. The van der Waals surface area contributed by atoms with Gasteiger partial charge in [-0.05, 0) is 31.5 Å². The summed E-state index contributed by atoms with van der Waals surface area (Å²) in [5.41, 5.74) is -1.01. The molecule has 0 bridgehead atoms. The molecule has 0 atom stereocenters. The van der Waals surface area contributed by atoms with Crippen molar-refractivity contribution in [3.63, 3.8) is 0 Å². The first-order valence-corrected chi connectivity index (χ1v) is 8.39. The van der Waals surface area contributed by atoms with Crippen molar-refractivity contribution in [3.8, 4) is 5.75 Å². The van der Waals surface area contributed by atoms with E-state index in [0.717, 1.165) is 12.1 Å². The zero-order chi connectivity index (χ0) is 22.0. The average Bonchev–Trinajstić information content (AvgIpc) is 2.56. The van der Waals surface area contributed by atoms with Crippen molar-refractivity contribution >= 4 is 17.8 Å². The number of alkyl halides is 3. The van der Waals surface area contributed by atoms with Gasteiger partial charge < -0.3 is 25.2 Å². The van der Waals surface area contributed by atoms with Crippen LogP contribution in [0.1, 0.15) is 25.8 Å². The lowest BCUT2D eigenvalue weighted by Gasteiger charge is -2.42. The van der Waals surface area contributed by atoms with Gasteiger partial charge >= 0.3 is 12.3 Å². The molecule has 2 amide bonds. The summed E-state index contributed by atoms with van der Waals surface area (Å²) in [5.74, 6) is -4.05. The van der Waals surface area contributed by atoms with E-state index in [1.807, 2.05) is 5.32 Å². The minimum Gasteiger partial charge on any atom is -0.511 e. The number of amides is 2. The molecule has 158 valence electrons. The third-order valence-electron chi connectivity index (χ3n) is 4.20. The minimum absolute atomic E-state index is 0.0544. The van der Waals surface area contributed by atoms with Crippen molar-refractivity contribution < 1.29 is 42.5 Å². The van der Waals surface area contributed by atoms with Gasteiger partial charge in [0, 0.05) is 18.5 Å². The highest BCUT2D eigenvalue weighted by molar-refractivity contribution is 6.19. The molecule has 29 heavy (non-hydrogen) atoms. The van der Waals surface area contributed by atoms with Crippen molar-refractivity contribution in [1.82, 2.24) is 10.2 Å². The van der Waals surface area contributed by atoms with Gasteiger partial charge in [-0.1, -0.05) is 12.1 Å². The van der Waals surface area contributed by atoms with Crippen LogP contribution in [0.5, 0.6) is 5.75 Å². The molecule has 1 aromatic rings. The molecule has 11 heteroatoms. The first kappa shape index (κ1) is 22.1. The molecule has 0 aliphatic carbocycles. The van der Waals surface area contributed by atoms with Crippen molar-refractivity contribution in [3.05, 3.63) is 41.2 Å². The quantitative estimate of drug-likeness (QED) is 0.612. The number of aliphatic carboxylic acids is 1. The van der Waals surface area contributed by atoms with E-state index in [1.165, 1.54) is 17.0 Å². The summed E-state index contributed by atoms with van der Waals surface area (Å²) in [6.07, 6.45) is -4.89. The van der Waals surface area contributed by atoms with Crippen LogP contribution >= 0.6 is 0 Å². The lowest BCUT2D eigenvalue weighted by atomic mass is 9.88. The van der Waals surface area contributed by atoms with E-state index in [2.05, 4.69) is 4.74 Å². The molecule has 1 heterocycles. The molecular weight excluding hydrogens is 397 g/mol. The highest BCUT2D eigenvalue weighted by atomic mass is 19.4. The van der Waals surface area contributed by atoms with Gasteiger partial charge in [0.05, 0.1) is 0 Å². The summed E-state index contributed by atoms with van der Waals surface area (Å²) >= 11 is 0. The maximum absolute atomic E-state index is 12.8. The molecule has 1 aromatic carbocycles. The number of ether oxygens (including phenoxy) is 1. The summed E-state index contributed by atoms with van der Waals surface area (Å²) in [6, 6.07) is 4.87. The Balaban J connectivity index is 2.22. The number of halogens is 3. The van der Waals surface area contributed by atoms with Crippen LogP contribution in [-0.4, -0.2) is 51.3 Å². The van der Waals surface area contributed by atoms with Crippen LogP contribution in [-0.2, 0) is 20.9 Å². The Hall–Kier alpha value is -3.24. The normalized spacial score (nSPS) is 16.6. The molecule has 0 saturated heterocycles. The van der Waals surface area contributed by atoms with Crippen LogP contribution in [0.4, 0.5) is 13.2 Å². The monoisotopic (exact) mass is 416 g/mol. The number of benzene rings is 1. The minimum atomic E-state index is -4.83. The number of carboxylic acids is 1. The van der Waals surface area contributed by atoms with Crippen molar-refractivity contribution in [2.45, 2.75) is 38.7 Å². The number of aliphatic hydroxyl groups is 1. The van der Waals surface area contributed by atoms with Gasteiger partial charge in [0.1, 0.15) is 23.6 Å². The number of carbonyl (C=O) groups excluding carboxylic acids is 2. The number of aliphatic hydroxyl groups excluding tert-OH is 1. The maximum Gasteiger partial charge on any atom is 0.573 e. The molecule has 0 fully saturated rings. The summed E-state index contributed by atoms with van der Waals surface area (Å²) in [4.78, 5) is 36.9. The van der Waals surface area contributed by atoms with Gasteiger partial charge in [-0.3, -0.25) is 14.4 Å². The Morgan fingerprint density at radius 3 is 2.34 bits per heavy atom. The van der Waals surface area contributed by atoms with Crippen molar-refractivity contribution in [1.29, 1.82) is 0 Å². The lowest BCUT2D eigenvalue weighted by Crippen LogP contribution is -2.53. The third kappa shape index (κ3) is 5.62. The Morgan fingerprint density at radius 2 is 1.83 bits per heavy atom. The van der Waals surface area contributed by atoms with E-state index in [9.17, 15) is 32.7 Å². The van der Waals surface area contributed by atoms with Gasteiger partial charge in [0.25, 0.3) is 11.8 Å². The van der Waals surface area contributed by atoms with Gasteiger partial charge in [-0.2, -0.15) is 0 Å². The largest absolute Gasteiger partial charge is 0.573 e. The number of carboxylic acid groups (broad SMARTS) is 1. The number of nitrogens with zero attached hydrogens (tertiary/aromatic N) is 1. The van der Waals surface area contributed by atoms with Gasteiger partial charge in [0.15, 0.2) is 0 Å². The number of hydrogen-bond donors (Lipinski definition) is 3. The second-order valence-electron chi connectivity index (χ2n) is 6.97. The number of nitrogens with one attached hydrogen (secondary N) is 1. The topological polar surface area (TPSA) is 116 Å². The predicted molar refractivity (Wildman–Crippen MR) is 92.7 cm³/mol. The first-order chi connectivity index (χ1) is 13.3. The standard InChI is InChI=1S/C18H19F3N2O6/c1-17(2)7-12(24)14(15(27)22-8-13(25)26)16(28)23(17)9-10-3-5-11(6-4-10)29-18(19,20)21/h3-6,24H,7-9H2,1-2H3,(H,22,27)(H,25,26). The Kier molecular flexibility index (Phi) is 6.10. The van der Waals surface area contributed by atoms with E-state index < -0.39 is 53.3 Å². The SMILES string of the molecule is CC1(C)CC(O)=C(C(=O)NCC(=O)O)C(=O)N1Cc1ccc(OC(F)(F)F)cc1. The third-order valence-corrected chi connectivity index (χ3v) is 4.20. The van der Waals surface area contributed by atoms with Crippen LogP contribution < -0.4 is 10.1 Å². The zero-order valence-electron chi connectivity index (χ0n) is 15.5. The molecule has 2 rings (SSSR count). The van der Waals surface area contributed by atoms with Crippen LogP contribution in [0.2, 0.25) is 0 Å². The molecule has 0 aromatic heterocycles. The second kappa shape index (κ2) is 8.02. The summed E-state index contributed by atoms with van der Waals surface area (Å²) < 4.78 is 40.6. The van der Waals surface area contributed by atoms with Gasteiger partial charge in [0.2, 0.25) is 0 Å². The fraction of sp³-hybridized carbons (Fsp3) is 0.389. The van der Waals surface area contributed by atoms with E-state index >= 15 is 0 Å². The highest BCUT2D eigenvalue weighted by Gasteiger charge is 2.42. The summed E-state index contributed by atoms with van der Waals surface area (Å²) in [7, 11) is 0. The molecule has 8 nitrogen and oxygen atoms in total. The number of hydrogen-bond acceptors (Lipinski definition) is 5. The second-order valence-corrected chi connectivity index (χ2v) is 6.97. The Bertz CT molecular complexity index is 846. The van der Waals surface area contributed by atoms with Gasteiger partial charge in [-0.25, -0.2) is 0 Å². The van der Waals surface area contributed by atoms with Crippen LogP contribution in [0.3, 0.4) is 0 Å². The zero-order valence-corrected chi connectivity index (χ0v) is 15.5. The predicted octanol–water partition coefficient (Wildman–Crippen LogP) is 2.11. The van der Waals surface area contributed by atoms with E-state index in [1.54, 1.807) is 13.8 Å². The van der Waals surface area contributed by atoms with Crippen molar-refractivity contribution in [2.24, 2.45) is 0 Å². The van der Waals surface area contributed by atoms with E-state index in [4.69, 9.17) is 5.11 Å². The lowest BCUT2D eigenvalue weighted by molar-refractivity contribution is -0.274. The molecule has 0 spiro atoms. The average molecular weight is 416 g/mol. The van der Waals surface area contributed by atoms with Crippen LogP contribution in [0.25, 0.3) is 0 Å². The summed E-state index contributed by atoms with van der Waals surface area (Å²) in [6.45, 7) is 2.51. The fourth-order valence-electron chi connectivity index (χ4n) is 2.86. The van der Waals surface area contributed by atoms with E-state index in [-0.39, 0.29) is 13.0 Å². The molecule has 0 radical (unpaired) electrons. The Morgan fingerprint density at radius 1 is 1.24 bits per heavy atom. The molecule has 0 saturated carbocycles.